The monoisotopic (exact) mass is 224 g/mol. The molecule has 2 nitrogen and oxygen atoms in total. The lowest BCUT2D eigenvalue weighted by Gasteiger charge is -2.13. The van der Waals surface area contributed by atoms with Crippen LogP contribution in [0.1, 0.15) is 35.3 Å². The summed E-state index contributed by atoms with van der Waals surface area (Å²) >= 11 is 1.88. The SMILES string of the molecule is CCNCC1(Cc2nc(C)c(C)s2)CC1. The molecule has 3 heteroatoms. The Bertz CT molecular complexity index is 320. The maximum atomic E-state index is 4.63. The van der Waals surface area contributed by atoms with E-state index in [-0.39, 0.29) is 0 Å². The van der Waals surface area contributed by atoms with Crippen LogP contribution in [0.25, 0.3) is 0 Å². The Morgan fingerprint density at radius 1 is 1.40 bits per heavy atom. The number of hydrogen-bond acceptors (Lipinski definition) is 3. The van der Waals surface area contributed by atoms with Crippen LogP contribution in [-0.2, 0) is 6.42 Å². The average Bonchev–Trinajstić information content (AvgIpc) is 2.88. The molecule has 1 aliphatic carbocycles. The predicted molar refractivity (Wildman–Crippen MR) is 65.5 cm³/mol. The maximum absolute atomic E-state index is 4.63. The number of aryl methyl sites for hydroxylation is 2. The Morgan fingerprint density at radius 2 is 2.13 bits per heavy atom. The summed E-state index contributed by atoms with van der Waals surface area (Å²) < 4.78 is 0. The van der Waals surface area contributed by atoms with Crippen LogP contribution in [0.4, 0.5) is 0 Å². The van der Waals surface area contributed by atoms with Gasteiger partial charge in [-0.2, -0.15) is 0 Å². The van der Waals surface area contributed by atoms with E-state index in [9.17, 15) is 0 Å². The Hall–Kier alpha value is -0.410. The standard InChI is InChI=1S/C12H20N2S/c1-4-13-8-12(5-6-12)7-11-14-9(2)10(3)15-11/h13H,4-8H2,1-3H3. The first-order valence-electron chi connectivity index (χ1n) is 5.79. The molecule has 0 aliphatic heterocycles. The first-order chi connectivity index (χ1) is 7.15. The third kappa shape index (κ3) is 2.58. The fourth-order valence-corrected chi connectivity index (χ4v) is 3.03. The van der Waals surface area contributed by atoms with Gasteiger partial charge in [0, 0.05) is 17.8 Å². The van der Waals surface area contributed by atoms with Crippen LogP contribution in [0.15, 0.2) is 0 Å². The molecule has 1 heterocycles. The minimum atomic E-state index is 0.548. The van der Waals surface area contributed by atoms with E-state index in [2.05, 4.69) is 31.1 Å². The molecule has 0 atom stereocenters. The normalized spacial score (nSPS) is 18.1. The van der Waals surface area contributed by atoms with Crippen LogP contribution >= 0.6 is 11.3 Å². The quantitative estimate of drug-likeness (QED) is 0.832. The Labute approximate surface area is 96.1 Å². The van der Waals surface area contributed by atoms with Crippen molar-refractivity contribution < 1.29 is 0 Å². The summed E-state index contributed by atoms with van der Waals surface area (Å²) in [6.07, 6.45) is 3.93. The third-order valence-corrected chi connectivity index (χ3v) is 4.38. The molecule has 0 spiro atoms. The average molecular weight is 224 g/mol. The molecule has 2 rings (SSSR count). The second kappa shape index (κ2) is 4.22. The summed E-state index contributed by atoms with van der Waals surface area (Å²) in [5.74, 6) is 0. The summed E-state index contributed by atoms with van der Waals surface area (Å²) in [4.78, 5) is 6.01. The van der Waals surface area contributed by atoms with Gasteiger partial charge in [-0.05, 0) is 38.6 Å². The molecule has 1 aromatic heterocycles. The zero-order valence-electron chi connectivity index (χ0n) is 9.89. The highest BCUT2D eigenvalue weighted by molar-refractivity contribution is 7.11. The molecule has 1 N–H and O–H groups in total. The van der Waals surface area contributed by atoms with Crippen molar-refractivity contribution in [3.63, 3.8) is 0 Å². The zero-order chi connectivity index (χ0) is 10.9. The van der Waals surface area contributed by atoms with Crippen LogP contribution in [0.5, 0.6) is 0 Å². The van der Waals surface area contributed by atoms with Gasteiger partial charge >= 0.3 is 0 Å². The van der Waals surface area contributed by atoms with Crippen molar-refractivity contribution in [2.45, 2.75) is 40.0 Å². The molecule has 0 unspecified atom stereocenters. The number of rotatable bonds is 5. The van der Waals surface area contributed by atoms with Crippen LogP contribution in [0.3, 0.4) is 0 Å². The molecule has 84 valence electrons. The molecular weight excluding hydrogens is 204 g/mol. The molecule has 15 heavy (non-hydrogen) atoms. The van der Waals surface area contributed by atoms with Gasteiger partial charge in [-0.1, -0.05) is 6.92 Å². The van der Waals surface area contributed by atoms with Crippen molar-refractivity contribution >= 4 is 11.3 Å². The molecule has 0 radical (unpaired) electrons. The molecule has 0 bridgehead atoms. The topological polar surface area (TPSA) is 24.9 Å². The largest absolute Gasteiger partial charge is 0.316 e. The molecular formula is C12H20N2S. The first kappa shape index (κ1) is 11.1. The molecule has 0 aromatic carbocycles. The van der Waals surface area contributed by atoms with E-state index < -0.39 is 0 Å². The molecule has 1 fully saturated rings. The van der Waals surface area contributed by atoms with E-state index in [0.717, 1.165) is 6.54 Å². The van der Waals surface area contributed by atoms with Crippen LogP contribution in [-0.4, -0.2) is 18.1 Å². The fourth-order valence-electron chi connectivity index (χ4n) is 1.92. The van der Waals surface area contributed by atoms with Crippen molar-refractivity contribution in [3.05, 3.63) is 15.6 Å². The summed E-state index contributed by atoms with van der Waals surface area (Å²) in [6, 6.07) is 0. The van der Waals surface area contributed by atoms with Crippen LogP contribution in [0.2, 0.25) is 0 Å². The van der Waals surface area contributed by atoms with Crippen molar-refractivity contribution in [2.24, 2.45) is 5.41 Å². The van der Waals surface area contributed by atoms with E-state index in [1.54, 1.807) is 0 Å². The van der Waals surface area contributed by atoms with Gasteiger partial charge in [0.15, 0.2) is 0 Å². The van der Waals surface area contributed by atoms with E-state index in [1.807, 2.05) is 11.3 Å². The highest BCUT2D eigenvalue weighted by atomic mass is 32.1. The molecule has 1 saturated carbocycles. The van der Waals surface area contributed by atoms with Gasteiger partial charge in [-0.25, -0.2) is 4.98 Å². The summed E-state index contributed by atoms with van der Waals surface area (Å²) in [7, 11) is 0. The lowest BCUT2D eigenvalue weighted by Crippen LogP contribution is -2.25. The molecule has 0 amide bonds. The highest BCUT2D eigenvalue weighted by Crippen LogP contribution is 2.48. The highest BCUT2D eigenvalue weighted by Gasteiger charge is 2.42. The lowest BCUT2D eigenvalue weighted by atomic mass is 10.0. The van der Waals surface area contributed by atoms with Gasteiger partial charge in [0.2, 0.25) is 0 Å². The summed E-state index contributed by atoms with van der Waals surface area (Å²) in [5.41, 5.74) is 1.77. The Kier molecular flexibility index (Phi) is 3.12. The second-order valence-electron chi connectivity index (χ2n) is 4.71. The number of nitrogens with zero attached hydrogens (tertiary/aromatic N) is 1. The minimum Gasteiger partial charge on any atom is -0.316 e. The Balaban J connectivity index is 1.96. The predicted octanol–water partition coefficient (Wildman–Crippen LogP) is 2.69. The molecule has 0 saturated heterocycles. The van der Waals surface area contributed by atoms with Gasteiger partial charge in [0.05, 0.1) is 10.7 Å². The zero-order valence-corrected chi connectivity index (χ0v) is 10.7. The van der Waals surface area contributed by atoms with Gasteiger partial charge < -0.3 is 5.32 Å². The number of nitrogens with one attached hydrogen (secondary N) is 1. The smallest absolute Gasteiger partial charge is 0.0936 e. The lowest BCUT2D eigenvalue weighted by molar-refractivity contribution is 0.462. The van der Waals surface area contributed by atoms with Crippen molar-refractivity contribution in [2.75, 3.05) is 13.1 Å². The Morgan fingerprint density at radius 3 is 2.60 bits per heavy atom. The van der Waals surface area contributed by atoms with Crippen molar-refractivity contribution in [3.8, 4) is 0 Å². The van der Waals surface area contributed by atoms with E-state index in [4.69, 9.17) is 0 Å². The number of hydrogen-bond donors (Lipinski definition) is 1. The van der Waals surface area contributed by atoms with E-state index in [0.29, 0.717) is 5.41 Å². The van der Waals surface area contributed by atoms with Crippen LogP contribution in [0, 0.1) is 19.3 Å². The summed E-state index contributed by atoms with van der Waals surface area (Å²) in [5, 5.41) is 4.80. The van der Waals surface area contributed by atoms with Gasteiger partial charge in [-0.15, -0.1) is 11.3 Å². The first-order valence-corrected chi connectivity index (χ1v) is 6.60. The van der Waals surface area contributed by atoms with Crippen LogP contribution < -0.4 is 5.32 Å². The van der Waals surface area contributed by atoms with Gasteiger partial charge in [0.25, 0.3) is 0 Å². The van der Waals surface area contributed by atoms with Gasteiger partial charge in [-0.3, -0.25) is 0 Å². The van der Waals surface area contributed by atoms with Crippen molar-refractivity contribution in [1.82, 2.24) is 10.3 Å². The van der Waals surface area contributed by atoms with E-state index in [1.165, 1.54) is 41.4 Å². The maximum Gasteiger partial charge on any atom is 0.0936 e. The number of aromatic nitrogens is 1. The summed E-state index contributed by atoms with van der Waals surface area (Å²) in [6.45, 7) is 8.70. The van der Waals surface area contributed by atoms with Gasteiger partial charge in [0.1, 0.15) is 0 Å². The van der Waals surface area contributed by atoms with Crippen molar-refractivity contribution in [1.29, 1.82) is 0 Å². The molecule has 1 aliphatic rings. The third-order valence-electron chi connectivity index (χ3n) is 3.31. The fraction of sp³-hybridized carbons (Fsp3) is 0.750. The number of thiazole rings is 1. The van der Waals surface area contributed by atoms with E-state index >= 15 is 0 Å². The minimum absolute atomic E-state index is 0.548. The molecule has 1 aromatic rings. The second-order valence-corrected chi connectivity index (χ2v) is 5.99.